The molecule has 19 heteroatoms. The van der Waals surface area contributed by atoms with Gasteiger partial charge < -0.3 is 33.8 Å². The zero-order chi connectivity index (χ0) is 65.0. The Bertz CT molecular complexity index is 1720. The Morgan fingerprint density at radius 1 is 0.307 bits per heavy atom. The molecule has 0 aromatic rings. The SMILES string of the molecule is CCCCCCCCCCCCCCCCCCCCC(=O)O[C@H](COC(=O)CCCCCCCCCCCCCCCC(C)C)COP(=O)(O)OC[C@@H](O)COP(=O)(O)OC[C@@H](COC(=O)CCCCCCC)OC(=O)CCCCCCCCC(C)C. The maximum absolute atomic E-state index is 13.0. The summed E-state index contributed by atoms with van der Waals surface area (Å²) in [6.07, 6.45) is 46.5. The molecule has 3 N–H and O–H groups in total. The summed E-state index contributed by atoms with van der Waals surface area (Å²) < 4.78 is 68.0. The van der Waals surface area contributed by atoms with Gasteiger partial charge in [-0.2, -0.15) is 0 Å². The van der Waals surface area contributed by atoms with Crippen LogP contribution in [0.25, 0.3) is 0 Å². The molecular formula is C69H134O17P2. The topological polar surface area (TPSA) is 237 Å². The molecule has 0 rings (SSSR count). The molecule has 0 aromatic carbocycles. The zero-order valence-corrected chi connectivity index (χ0v) is 58.8. The first-order valence-corrected chi connectivity index (χ1v) is 39.0. The van der Waals surface area contributed by atoms with E-state index in [1.807, 2.05) is 0 Å². The van der Waals surface area contributed by atoms with Gasteiger partial charge in [0.05, 0.1) is 26.4 Å². The molecule has 0 saturated carbocycles. The molecule has 0 radical (unpaired) electrons. The van der Waals surface area contributed by atoms with Gasteiger partial charge in [0.1, 0.15) is 19.3 Å². The van der Waals surface area contributed by atoms with Crippen LogP contribution in [0.2, 0.25) is 0 Å². The lowest BCUT2D eigenvalue weighted by Gasteiger charge is -2.21. The summed E-state index contributed by atoms with van der Waals surface area (Å²) in [6.45, 7) is 9.37. The summed E-state index contributed by atoms with van der Waals surface area (Å²) in [7, 11) is -9.89. The van der Waals surface area contributed by atoms with Crippen molar-refractivity contribution >= 4 is 39.5 Å². The van der Waals surface area contributed by atoms with E-state index in [4.69, 9.17) is 37.0 Å². The van der Waals surface area contributed by atoms with Crippen LogP contribution in [0.15, 0.2) is 0 Å². The van der Waals surface area contributed by atoms with Crippen LogP contribution in [0.5, 0.6) is 0 Å². The highest BCUT2D eigenvalue weighted by molar-refractivity contribution is 7.47. The van der Waals surface area contributed by atoms with E-state index in [0.29, 0.717) is 31.6 Å². The van der Waals surface area contributed by atoms with E-state index in [1.165, 1.54) is 161 Å². The van der Waals surface area contributed by atoms with Gasteiger partial charge in [0.2, 0.25) is 0 Å². The predicted molar refractivity (Wildman–Crippen MR) is 354 cm³/mol. The minimum Gasteiger partial charge on any atom is -0.462 e. The minimum absolute atomic E-state index is 0.101. The van der Waals surface area contributed by atoms with Crippen LogP contribution in [0.3, 0.4) is 0 Å². The maximum atomic E-state index is 13.0. The molecular weight excluding hydrogens is 1160 g/mol. The number of aliphatic hydroxyl groups is 1. The van der Waals surface area contributed by atoms with Crippen LogP contribution in [-0.4, -0.2) is 96.7 Å². The Balaban J connectivity index is 5.14. The average Bonchev–Trinajstić information content (AvgIpc) is 3.68. The second-order valence-electron chi connectivity index (χ2n) is 25.9. The number of rotatable bonds is 68. The van der Waals surface area contributed by atoms with Gasteiger partial charge >= 0.3 is 39.5 Å². The van der Waals surface area contributed by atoms with Gasteiger partial charge in [-0.05, 0) is 37.5 Å². The van der Waals surface area contributed by atoms with Crippen molar-refractivity contribution in [1.29, 1.82) is 0 Å². The van der Waals surface area contributed by atoms with Gasteiger partial charge in [-0.3, -0.25) is 37.3 Å². The number of phosphoric ester groups is 2. The summed E-state index contributed by atoms with van der Waals surface area (Å²) >= 11 is 0. The lowest BCUT2D eigenvalue weighted by Crippen LogP contribution is -2.30. The highest BCUT2D eigenvalue weighted by Crippen LogP contribution is 2.45. The third-order valence-electron chi connectivity index (χ3n) is 16.0. The number of ether oxygens (including phenoxy) is 4. The normalized spacial score (nSPS) is 14.2. The Morgan fingerprint density at radius 2 is 0.523 bits per heavy atom. The van der Waals surface area contributed by atoms with E-state index >= 15 is 0 Å². The molecule has 0 aliphatic heterocycles. The van der Waals surface area contributed by atoms with Gasteiger partial charge in [-0.1, -0.05) is 298 Å². The summed E-state index contributed by atoms with van der Waals surface area (Å²) in [4.78, 5) is 72.2. The lowest BCUT2D eigenvalue weighted by atomic mass is 10.0. The number of aliphatic hydroxyl groups excluding tert-OH is 1. The van der Waals surface area contributed by atoms with E-state index in [1.54, 1.807) is 0 Å². The maximum Gasteiger partial charge on any atom is 0.472 e. The van der Waals surface area contributed by atoms with Crippen LogP contribution in [0, 0.1) is 11.8 Å². The largest absolute Gasteiger partial charge is 0.472 e. The van der Waals surface area contributed by atoms with Crippen molar-refractivity contribution in [3.63, 3.8) is 0 Å². The Morgan fingerprint density at radius 3 is 0.773 bits per heavy atom. The Labute approximate surface area is 537 Å². The van der Waals surface area contributed by atoms with Crippen molar-refractivity contribution in [3.8, 4) is 0 Å². The molecule has 0 heterocycles. The molecule has 2 unspecified atom stereocenters. The summed E-state index contributed by atoms with van der Waals surface area (Å²) in [6, 6.07) is 0. The monoisotopic (exact) mass is 1300 g/mol. The fourth-order valence-electron chi connectivity index (χ4n) is 10.4. The van der Waals surface area contributed by atoms with Gasteiger partial charge in [0.25, 0.3) is 0 Å². The Hall–Kier alpha value is -1.94. The Kier molecular flexibility index (Phi) is 59.9. The predicted octanol–water partition coefficient (Wildman–Crippen LogP) is 19.6. The van der Waals surface area contributed by atoms with Crippen molar-refractivity contribution in [1.82, 2.24) is 0 Å². The molecule has 5 atom stereocenters. The number of hydrogen-bond donors (Lipinski definition) is 3. The quantitative estimate of drug-likeness (QED) is 0.0222. The van der Waals surface area contributed by atoms with Crippen LogP contribution in [0.1, 0.15) is 350 Å². The summed E-state index contributed by atoms with van der Waals surface area (Å²) in [5.41, 5.74) is 0. The second-order valence-corrected chi connectivity index (χ2v) is 28.8. The van der Waals surface area contributed by atoms with Gasteiger partial charge in [-0.15, -0.1) is 0 Å². The molecule has 0 fully saturated rings. The average molecular weight is 1300 g/mol. The third kappa shape index (κ3) is 62.8. The molecule has 522 valence electrons. The van der Waals surface area contributed by atoms with E-state index in [-0.39, 0.29) is 25.7 Å². The second kappa shape index (κ2) is 61.3. The first-order chi connectivity index (χ1) is 42.4. The molecule has 88 heavy (non-hydrogen) atoms. The highest BCUT2D eigenvalue weighted by atomic mass is 31.2. The molecule has 0 bridgehead atoms. The summed E-state index contributed by atoms with van der Waals surface area (Å²) in [5, 5.41) is 10.5. The van der Waals surface area contributed by atoms with Gasteiger partial charge in [0.15, 0.2) is 12.2 Å². The smallest absolute Gasteiger partial charge is 0.462 e. The van der Waals surface area contributed by atoms with Crippen molar-refractivity contribution in [2.45, 2.75) is 368 Å². The van der Waals surface area contributed by atoms with Crippen LogP contribution >= 0.6 is 15.6 Å². The molecule has 0 aromatic heterocycles. The number of carbonyl (C=O) groups is 4. The van der Waals surface area contributed by atoms with Crippen LogP contribution < -0.4 is 0 Å². The molecule has 17 nitrogen and oxygen atoms in total. The number of unbranched alkanes of at least 4 members (excludes halogenated alkanes) is 38. The van der Waals surface area contributed by atoms with Gasteiger partial charge in [0, 0.05) is 25.7 Å². The number of carbonyl (C=O) groups excluding carboxylic acids is 4. The first kappa shape index (κ1) is 86.1. The third-order valence-corrected chi connectivity index (χ3v) is 17.9. The molecule has 0 spiro atoms. The number of phosphoric acid groups is 2. The number of hydrogen-bond acceptors (Lipinski definition) is 15. The fraction of sp³-hybridized carbons (Fsp3) is 0.942. The van der Waals surface area contributed by atoms with Crippen molar-refractivity contribution in [3.05, 3.63) is 0 Å². The van der Waals surface area contributed by atoms with Crippen molar-refractivity contribution in [2.24, 2.45) is 11.8 Å². The highest BCUT2D eigenvalue weighted by Gasteiger charge is 2.30. The molecule has 0 aliphatic carbocycles. The van der Waals surface area contributed by atoms with E-state index in [0.717, 1.165) is 102 Å². The summed E-state index contributed by atoms with van der Waals surface area (Å²) in [5.74, 6) is -0.680. The van der Waals surface area contributed by atoms with Crippen molar-refractivity contribution in [2.75, 3.05) is 39.6 Å². The zero-order valence-electron chi connectivity index (χ0n) is 57.0. The molecule has 0 aliphatic rings. The molecule has 0 saturated heterocycles. The fourth-order valence-corrected chi connectivity index (χ4v) is 12.0. The van der Waals surface area contributed by atoms with Crippen LogP contribution in [-0.2, 0) is 65.4 Å². The van der Waals surface area contributed by atoms with Crippen molar-refractivity contribution < 1.29 is 80.2 Å². The minimum atomic E-state index is -4.95. The number of esters is 4. The van der Waals surface area contributed by atoms with Crippen LogP contribution in [0.4, 0.5) is 0 Å². The van der Waals surface area contributed by atoms with E-state index in [2.05, 4.69) is 41.5 Å². The standard InChI is InChI=1S/C69H134O17P2/c1-7-9-11-13-14-15-16-17-18-19-20-21-24-28-31-34-41-47-53-68(73)85-65(58-80-67(72)52-46-40-33-30-27-25-22-23-26-29-32-38-43-49-61(3)4)60-84-88(77,78)82-56-63(70)55-81-87(75,76)83-59-64(57-79-66(71)51-45-37-12-10-8-2)86-69(74)54-48-42-36-35-39-44-50-62(5)6/h61-65,70H,7-60H2,1-6H3,(H,75,76)(H,77,78)/t63-,64+,65+/m0/s1. The van der Waals surface area contributed by atoms with Gasteiger partial charge in [-0.25, -0.2) is 9.13 Å². The van der Waals surface area contributed by atoms with E-state index < -0.39 is 97.5 Å². The van der Waals surface area contributed by atoms with E-state index in [9.17, 15) is 43.2 Å². The molecule has 0 amide bonds. The first-order valence-electron chi connectivity index (χ1n) is 36.0. The lowest BCUT2D eigenvalue weighted by molar-refractivity contribution is -0.161.